The van der Waals surface area contributed by atoms with E-state index in [4.69, 9.17) is 0 Å². The van der Waals surface area contributed by atoms with E-state index in [0.717, 1.165) is 18.4 Å². The van der Waals surface area contributed by atoms with E-state index >= 15 is 0 Å². The third-order valence-electron chi connectivity index (χ3n) is 8.38. The van der Waals surface area contributed by atoms with E-state index in [0.29, 0.717) is 32.2 Å². The topological polar surface area (TPSA) is 160 Å². The maximum Gasteiger partial charge on any atom is 0.246 e. The molecule has 1 aliphatic carbocycles. The summed E-state index contributed by atoms with van der Waals surface area (Å²) in [7, 11) is 0. The SMILES string of the molecule is CC(C)=CC[C@H]1CCN(C(=O)[C@@H](NC(=O)C2CC2)C(C)(C)CNC(=O)[C@@H]2CCC(=O)N2)[C@@H]1C(=O)N[C@H](C#N)CC(C)C. The molecule has 0 radical (unpaired) electrons. The number of carbonyl (C=O) groups excluding carboxylic acids is 5. The first kappa shape index (κ1) is 33.1. The molecule has 3 rings (SSSR count). The number of nitriles is 1. The van der Waals surface area contributed by atoms with Crippen molar-refractivity contribution in [2.75, 3.05) is 13.1 Å². The predicted molar refractivity (Wildman–Crippen MR) is 157 cm³/mol. The summed E-state index contributed by atoms with van der Waals surface area (Å²) in [5, 5.41) is 21.0. The van der Waals surface area contributed by atoms with E-state index in [1.165, 1.54) is 0 Å². The van der Waals surface area contributed by atoms with Crippen molar-refractivity contribution in [2.45, 2.75) is 111 Å². The molecule has 0 spiro atoms. The number of nitrogens with one attached hydrogen (secondary N) is 4. The molecule has 2 heterocycles. The molecule has 3 aliphatic rings. The zero-order valence-electron chi connectivity index (χ0n) is 25.9. The standard InChI is InChI=1S/C31H48N6O5/c1-18(2)7-8-20-13-14-37(25(20)29(41)34-22(16-32)15-19(3)4)30(42)26(36-27(39)21-9-10-21)31(5,6)17-33-28(40)23-11-12-24(38)35-23/h7,19-23,25-26H,8-15,17H2,1-6H3,(H,33,40)(H,34,41)(H,35,38)(H,36,39)/t20-,22-,23-,25-,26+/m0/s1. The number of hydrogen-bond donors (Lipinski definition) is 4. The van der Waals surface area contributed by atoms with E-state index in [-0.39, 0.29) is 60.3 Å². The number of amides is 5. The van der Waals surface area contributed by atoms with Crippen LogP contribution < -0.4 is 21.3 Å². The number of nitrogens with zero attached hydrogens (tertiary/aromatic N) is 2. The van der Waals surface area contributed by atoms with Gasteiger partial charge < -0.3 is 26.2 Å². The van der Waals surface area contributed by atoms with Crippen molar-refractivity contribution in [3.05, 3.63) is 11.6 Å². The van der Waals surface area contributed by atoms with Gasteiger partial charge in [0.1, 0.15) is 24.2 Å². The highest BCUT2D eigenvalue weighted by Crippen LogP contribution is 2.34. The van der Waals surface area contributed by atoms with Gasteiger partial charge in [-0.2, -0.15) is 5.26 Å². The third-order valence-corrected chi connectivity index (χ3v) is 8.38. The molecular weight excluding hydrogens is 536 g/mol. The van der Waals surface area contributed by atoms with Gasteiger partial charge in [-0.15, -0.1) is 0 Å². The van der Waals surface area contributed by atoms with Gasteiger partial charge in [-0.05, 0) is 64.2 Å². The summed E-state index contributed by atoms with van der Waals surface area (Å²) in [5.41, 5.74) is 0.199. The fourth-order valence-corrected chi connectivity index (χ4v) is 5.68. The summed E-state index contributed by atoms with van der Waals surface area (Å²) in [6.07, 6.45) is 5.99. The van der Waals surface area contributed by atoms with E-state index in [9.17, 15) is 29.2 Å². The van der Waals surface area contributed by atoms with E-state index in [2.05, 4.69) is 33.4 Å². The highest BCUT2D eigenvalue weighted by molar-refractivity contribution is 5.94. The lowest BCUT2D eigenvalue weighted by molar-refractivity contribution is -0.145. The normalized spacial score (nSPS) is 23.4. The Morgan fingerprint density at radius 1 is 1.07 bits per heavy atom. The van der Waals surface area contributed by atoms with Crippen molar-refractivity contribution in [3.8, 4) is 6.07 Å². The molecule has 0 unspecified atom stereocenters. The average molecular weight is 585 g/mol. The first-order valence-electron chi connectivity index (χ1n) is 15.2. The first-order chi connectivity index (χ1) is 19.7. The number of rotatable bonds is 13. The molecule has 4 N–H and O–H groups in total. The summed E-state index contributed by atoms with van der Waals surface area (Å²) in [4.78, 5) is 66.9. The molecule has 232 valence electrons. The van der Waals surface area contributed by atoms with Crippen molar-refractivity contribution in [1.82, 2.24) is 26.2 Å². The van der Waals surface area contributed by atoms with Crippen LogP contribution in [0.3, 0.4) is 0 Å². The lowest BCUT2D eigenvalue weighted by atomic mass is 9.82. The van der Waals surface area contributed by atoms with E-state index in [1.54, 1.807) is 18.7 Å². The van der Waals surface area contributed by atoms with Gasteiger partial charge in [0.2, 0.25) is 29.5 Å². The molecule has 5 atom stereocenters. The van der Waals surface area contributed by atoms with Gasteiger partial charge >= 0.3 is 0 Å². The Morgan fingerprint density at radius 3 is 2.31 bits per heavy atom. The Bertz CT molecular complexity index is 1120. The van der Waals surface area contributed by atoms with Gasteiger partial charge in [0.05, 0.1) is 6.07 Å². The quantitative estimate of drug-likeness (QED) is 0.242. The van der Waals surface area contributed by atoms with Crippen LogP contribution in [0, 0.1) is 34.5 Å². The maximum atomic E-state index is 14.3. The van der Waals surface area contributed by atoms with Crippen LogP contribution in [-0.2, 0) is 24.0 Å². The van der Waals surface area contributed by atoms with Crippen LogP contribution in [0.1, 0.15) is 86.5 Å². The Balaban J connectivity index is 1.85. The van der Waals surface area contributed by atoms with Crippen LogP contribution in [-0.4, -0.2) is 71.7 Å². The smallest absolute Gasteiger partial charge is 0.246 e. The molecule has 11 heteroatoms. The van der Waals surface area contributed by atoms with Gasteiger partial charge in [-0.3, -0.25) is 24.0 Å². The van der Waals surface area contributed by atoms with Crippen molar-refractivity contribution in [1.29, 1.82) is 5.26 Å². The summed E-state index contributed by atoms with van der Waals surface area (Å²) in [6, 6.07) is -0.915. The van der Waals surface area contributed by atoms with Crippen molar-refractivity contribution < 1.29 is 24.0 Å². The van der Waals surface area contributed by atoms with E-state index < -0.39 is 29.6 Å². The third kappa shape index (κ3) is 8.79. The molecule has 11 nitrogen and oxygen atoms in total. The highest BCUT2D eigenvalue weighted by atomic mass is 16.2. The second kappa shape index (κ2) is 14.2. The molecule has 2 saturated heterocycles. The zero-order valence-corrected chi connectivity index (χ0v) is 25.9. The number of allylic oxidation sites excluding steroid dienone is 2. The summed E-state index contributed by atoms with van der Waals surface area (Å²) in [6.45, 7) is 12.0. The lowest BCUT2D eigenvalue weighted by Crippen LogP contribution is -2.61. The van der Waals surface area contributed by atoms with Crippen molar-refractivity contribution >= 4 is 29.5 Å². The molecule has 42 heavy (non-hydrogen) atoms. The van der Waals surface area contributed by atoms with Crippen molar-refractivity contribution in [2.24, 2.45) is 23.2 Å². The number of carbonyl (C=O) groups is 5. The summed E-state index contributed by atoms with van der Waals surface area (Å²) < 4.78 is 0. The van der Waals surface area contributed by atoms with Crippen LogP contribution in [0.2, 0.25) is 0 Å². The lowest BCUT2D eigenvalue weighted by Gasteiger charge is -2.38. The fourth-order valence-electron chi connectivity index (χ4n) is 5.68. The molecular formula is C31H48N6O5. The minimum absolute atomic E-state index is 0.0797. The van der Waals surface area contributed by atoms with Crippen LogP contribution in [0.5, 0.6) is 0 Å². The number of likely N-dealkylation sites (tertiary alicyclic amines) is 1. The Labute approximate surface area is 249 Å². The molecule has 0 aromatic rings. The monoisotopic (exact) mass is 584 g/mol. The van der Waals surface area contributed by atoms with Crippen molar-refractivity contribution in [3.63, 3.8) is 0 Å². The maximum absolute atomic E-state index is 14.3. The van der Waals surface area contributed by atoms with E-state index in [1.807, 2.05) is 27.7 Å². The Hall–Kier alpha value is -3.42. The largest absolute Gasteiger partial charge is 0.354 e. The number of hydrogen-bond acceptors (Lipinski definition) is 6. The Morgan fingerprint density at radius 2 is 1.76 bits per heavy atom. The van der Waals surface area contributed by atoms with Crippen LogP contribution in [0.25, 0.3) is 0 Å². The van der Waals surface area contributed by atoms with Gasteiger partial charge in [-0.1, -0.05) is 39.3 Å². The predicted octanol–water partition coefficient (Wildman–Crippen LogP) is 1.93. The molecule has 0 aromatic carbocycles. The molecule has 1 saturated carbocycles. The van der Waals surface area contributed by atoms with Gasteiger partial charge in [0.15, 0.2) is 0 Å². The first-order valence-corrected chi connectivity index (χ1v) is 15.2. The molecule has 3 fully saturated rings. The molecule has 5 amide bonds. The van der Waals surface area contributed by atoms with Crippen LogP contribution in [0.15, 0.2) is 11.6 Å². The van der Waals surface area contributed by atoms with Gasteiger partial charge in [0, 0.05) is 30.8 Å². The highest BCUT2D eigenvalue weighted by Gasteiger charge is 2.48. The van der Waals surface area contributed by atoms with Crippen LogP contribution >= 0.6 is 0 Å². The van der Waals surface area contributed by atoms with Gasteiger partial charge in [-0.25, -0.2) is 0 Å². The Kier molecular flexibility index (Phi) is 11.2. The average Bonchev–Trinajstić information content (AvgIpc) is 3.54. The van der Waals surface area contributed by atoms with Crippen LogP contribution in [0.4, 0.5) is 0 Å². The minimum atomic E-state index is -0.996. The molecule has 2 aliphatic heterocycles. The summed E-state index contributed by atoms with van der Waals surface area (Å²) in [5.74, 6) is -1.54. The second-order valence-electron chi connectivity index (χ2n) is 13.4. The molecule has 0 aromatic heterocycles. The van der Waals surface area contributed by atoms with Gasteiger partial charge in [0.25, 0.3) is 0 Å². The fraction of sp³-hybridized carbons (Fsp3) is 0.742. The molecule has 0 bridgehead atoms. The second-order valence-corrected chi connectivity index (χ2v) is 13.4. The minimum Gasteiger partial charge on any atom is -0.354 e. The summed E-state index contributed by atoms with van der Waals surface area (Å²) >= 11 is 0. The zero-order chi connectivity index (χ0) is 31.2.